The van der Waals surface area contributed by atoms with Crippen molar-refractivity contribution in [2.45, 2.75) is 32.2 Å². The molecule has 2 aromatic carbocycles. The second kappa shape index (κ2) is 7.75. The Labute approximate surface area is 186 Å². The molecule has 3 aromatic heterocycles. The zero-order valence-electron chi connectivity index (χ0n) is 18.1. The molecule has 1 fully saturated rings. The SMILES string of the molecule is CCc1nc2ccccc2n1C1CCN(c2ccc3nnc(-c4ccccc4)n3n2)CC1. The van der Waals surface area contributed by atoms with Gasteiger partial charge in [0, 0.05) is 31.1 Å². The third kappa shape index (κ3) is 3.12. The van der Waals surface area contributed by atoms with Crippen LogP contribution in [0.15, 0.2) is 66.7 Å². The summed E-state index contributed by atoms with van der Waals surface area (Å²) in [6.45, 7) is 4.11. The second-order valence-electron chi connectivity index (χ2n) is 8.31. The van der Waals surface area contributed by atoms with E-state index >= 15 is 0 Å². The van der Waals surface area contributed by atoms with Gasteiger partial charge in [0.05, 0.1) is 11.0 Å². The first kappa shape index (κ1) is 19.0. The molecule has 0 saturated carbocycles. The van der Waals surface area contributed by atoms with Crippen LogP contribution < -0.4 is 4.90 Å². The van der Waals surface area contributed by atoms with E-state index in [0.29, 0.717) is 6.04 Å². The minimum atomic E-state index is 0.465. The second-order valence-corrected chi connectivity index (χ2v) is 8.31. The zero-order chi connectivity index (χ0) is 21.5. The average Bonchev–Trinajstić information content (AvgIpc) is 3.45. The fourth-order valence-electron chi connectivity index (χ4n) is 4.82. The molecular formula is C25H25N7. The first-order valence-electron chi connectivity index (χ1n) is 11.3. The Morgan fingerprint density at radius 1 is 0.875 bits per heavy atom. The molecule has 0 atom stereocenters. The lowest BCUT2D eigenvalue weighted by Gasteiger charge is -2.34. The summed E-state index contributed by atoms with van der Waals surface area (Å²) in [5, 5.41) is 13.6. The van der Waals surface area contributed by atoms with Crippen LogP contribution in [0.2, 0.25) is 0 Å². The summed E-state index contributed by atoms with van der Waals surface area (Å²) in [5.41, 5.74) is 4.13. The fourth-order valence-corrected chi connectivity index (χ4v) is 4.82. The number of piperidine rings is 1. The van der Waals surface area contributed by atoms with Crippen molar-refractivity contribution in [3.63, 3.8) is 0 Å². The number of anilines is 1. The number of aryl methyl sites for hydroxylation is 1. The van der Waals surface area contributed by atoms with Gasteiger partial charge in [-0.25, -0.2) is 4.98 Å². The van der Waals surface area contributed by atoms with Crippen LogP contribution in [-0.2, 0) is 6.42 Å². The molecule has 0 amide bonds. The van der Waals surface area contributed by atoms with Crippen molar-refractivity contribution >= 4 is 22.5 Å². The third-order valence-electron chi connectivity index (χ3n) is 6.42. The third-order valence-corrected chi connectivity index (χ3v) is 6.42. The van der Waals surface area contributed by atoms with Crippen molar-refractivity contribution in [3.8, 4) is 11.4 Å². The number of rotatable bonds is 4. The minimum absolute atomic E-state index is 0.465. The van der Waals surface area contributed by atoms with Crippen molar-refractivity contribution in [1.29, 1.82) is 0 Å². The highest BCUT2D eigenvalue weighted by molar-refractivity contribution is 5.76. The van der Waals surface area contributed by atoms with Crippen LogP contribution in [0.25, 0.3) is 28.1 Å². The standard InChI is InChI=1S/C25H25N7/c1-2-22-26-20-10-6-7-11-21(20)31(22)19-14-16-30(17-15-19)24-13-12-23-27-28-25(32(23)29-24)18-8-4-3-5-9-18/h3-13,19H,2,14-17H2,1H3. The monoisotopic (exact) mass is 423 g/mol. The topological polar surface area (TPSA) is 64.1 Å². The maximum atomic E-state index is 4.91. The van der Waals surface area contributed by atoms with Crippen LogP contribution >= 0.6 is 0 Å². The van der Waals surface area contributed by atoms with Gasteiger partial charge >= 0.3 is 0 Å². The zero-order valence-corrected chi connectivity index (χ0v) is 18.1. The Morgan fingerprint density at radius 2 is 1.66 bits per heavy atom. The maximum absolute atomic E-state index is 4.91. The molecule has 4 heterocycles. The fraction of sp³-hybridized carbons (Fsp3) is 0.280. The lowest BCUT2D eigenvalue weighted by atomic mass is 10.0. The summed E-state index contributed by atoms with van der Waals surface area (Å²) < 4.78 is 4.33. The molecule has 0 radical (unpaired) electrons. The molecule has 0 bridgehead atoms. The highest BCUT2D eigenvalue weighted by atomic mass is 15.4. The Bertz CT molecular complexity index is 1380. The van der Waals surface area contributed by atoms with Gasteiger partial charge in [-0.1, -0.05) is 49.4 Å². The van der Waals surface area contributed by atoms with E-state index in [1.54, 1.807) is 0 Å². The van der Waals surface area contributed by atoms with Gasteiger partial charge in [-0.15, -0.1) is 15.3 Å². The van der Waals surface area contributed by atoms with E-state index < -0.39 is 0 Å². The van der Waals surface area contributed by atoms with Crippen molar-refractivity contribution in [1.82, 2.24) is 29.4 Å². The summed E-state index contributed by atoms with van der Waals surface area (Å²) in [7, 11) is 0. The summed E-state index contributed by atoms with van der Waals surface area (Å²) in [4.78, 5) is 7.24. The quantitative estimate of drug-likeness (QED) is 0.424. The predicted molar refractivity (Wildman–Crippen MR) is 126 cm³/mol. The van der Waals surface area contributed by atoms with Gasteiger partial charge < -0.3 is 9.47 Å². The molecule has 7 nitrogen and oxygen atoms in total. The molecule has 32 heavy (non-hydrogen) atoms. The van der Waals surface area contributed by atoms with Crippen LogP contribution in [0, 0.1) is 0 Å². The Kier molecular flexibility index (Phi) is 4.60. The van der Waals surface area contributed by atoms with Gasteiger partial charge in [0.15, 0.2) is 11.5 Å². The number of hydrogen-bond acceptors (Lipinski definition) is 5. The average molecular weight is 424 g/mol. The lowest BCUT2D eigenvalue weighted by Crippen LogP contribution is -2.35. The largest absolute Gasteiger partial charge is 0.355 e. The maximum Gasteiger partial charge on any atom is 0.185 e. The smallest absolute Gasteiger partial charge is 0.185 e. The number of para-hydroxylation sites is 2. The van der Waals surface area contributed by atoms with Crippen LogP contribution in [0.5, 0.6) is 0 Å². The summed E-state index contributed by atoms with van der Waals surface area (Å²) in [5.74, 6) is 2.93. The van der Waals surface area contributed by atoms with E-state index in [0.717, 1.165) is 60.7 Å². The molecule has 0 aliphatic carbocycles. The first-order chi connectivity index (χ1) is 15.8. The van der Waals surface area contributed by atoms with Gasteiger partial charge in [0.25, 0.3) is 0 Å². The van der Waals surface area contributed by atoms with Crippen LogP contribution in [0.1, 0.15) is 31.6 Å². The molecule has 6 rings (SSSR count). The Balaban J connectivity index is 1.27. The van der Waals surface area contributed by atoms with E-state index in [9.17, 15) is 0 Å². The highest BCUT2D eigenvalue weighted by Crippen LogP contribution is 2.31. The number of imidazole rings is 1. The molecule has 160 valence electrons. The molecule has 5 aromatic rings. The number of hydrogen-bond donors (Lipinski definition) is 0. The van der Waals surface area contributed by atoms with E-state index in [2.05, 4.69) is 56.9 Å². The molecule has 0 N–H and O–H groups in total. The van der Waals surface area contributed by atoms with Crippen LogP contribution in [-0.4, -0.2) is 42.5 Å². The number of nitrogens with zero attached hydrogens (tertiary/aromatic N) is 7. The van der Waals surface area contributed by atoms with Crippen molar-refractivity contribution in [2.24, 2.45) is 0 Å². The van der Waals surface area contributed by atoms with Crippen molar-refractivity contribution in [3.05, 3.63) is 72.6 Å². The molecule has 0 unspecified atom stereocenters. The first-order valence-corrected chi connectivity index (χ1v) is 11.3. The lowest BCUT2D eigenvalue weighted by molar-refractivity contribution is 0.393. The molecule has 1 saturated heterocycles. The minimum Gasteiger partial charge on any atom is -0.355 e. The van der Waals surface area contributed by atoms with Crippen molar-refractivity contribution in [2.75, 3.05) is 18.0 Å². The summed E-state index contributed by atoms with van der Waals surface area (Å²) in [6.07, 6.45) is 3.09. The summed E-state index contributed by atoms with van der Waals surface area (Å²) >= 11 is 0. The molecule has 7 heteroatoms. The van der Waals surface area contributed by atoms with Gasteiger partial charge in [0.2, 0.25) is 0 Å². The normalized spacial score (nSPS) is 15.1. The molecule has 1 aliphatic heterocycles. The van der Waals surface area contributed by atoms with Gasteiger partial charge in [-0.05, 0) is 37.1 Å². The Hall–Kier alpha value is -3.74. The van der Waals surface area contributed by atoms with E-state index in [1.165, 1.54) is 11.3 Å². The number of benzene rings is 2. The van der Waals surface area contributed by atoms with Gasteiger partial charge in [-0.3, -0.25) is 0 Å². The van der Waals surface area contributed by atoms with Crippen LogP contribution in [0.3, 0.4) is 0 Å². The number of aromatic nitrogens is 6. The van der Waals surface area contributed by atoms with Crippen LogP contribution in [0.4, 0.5) is 5.82 Å². The number of fused-ring (bicyclic) bond motifs is 2. The van der Waals surface area contributed by atoms with E-state index in [1.807, 2.05) is 40.9 Å². The molecule has 0 spiro atoms. The van der Waals surface area contributed by atoms with Gasteiger partial charge in [-0.2, -0.15) is 4.52 Å². The summed E-state index contributed by atoms with van der Waals surface area (Å²) in [6, 6.07) is 23.1. The molecular weight excluding hydrogens is 398 g/mol. The Morgan fingerprint density at radius 3 is 2.47 bits per heavy atom. The molecule has 1 aliphatic rings. The van der Waals surface area contributed by atoms with Gasteiger partial charge in [0.1, 0.15) is 11.6 Å². The van der Waals surface area contributed by atoms with E-state index in [4.69, 9.17) is 10.1 Å². The van der Waals surface area contributed by atoms with Crippen molar-refractivity contribution < 1.29 is 0 Å². The highest BCUT2D eigenvalue weighted by Gasteiger charge is 2.25. The van der Waals surface area contributed by atoms with E-state index in [-0.39, 0.29) is 0 Å². The predicted octanol–water partition coefficient (Wildman–Crippen LogP) is 4.54.